The summed E-state index contributed by atoms with van der Waals surface area (Å²) in [6, 6.07) is 15.1. The van der Waals surface area contributed by atoms with Crippen LogP contribution in [0, 0.1) is 0 Å². The molecular weight excluding hydrogens is 360 g/mol. The fourth-order valence-corrected chi connectivity index (χ4v) is 4.05. The molecule has 2 aromatic rings. The normalized spacial score (nSPS) is 20.2. The molecule has 2 aromatic carbocycles. The number of carbonyl (C=O) groups is 2. The molecule has 4 rings (SSSR count). The van der Waals surface area contributed by atoms with Crippen molar-refractivity contribution in [1.82, 2.24) is 5.32 Å². The van der Waals surface area contributed by atoms with Gasteiger partial charge in [-0.25, -0.2) is 0 Å². The Morgan fingerprint density at radius 1 is 1.26 bits per heavy atom. The second-order valence-corrected chi connectivity index (χ2v) is 7.62. The number of hydrogen-bond donors (Lipinski definition) is 2. The molecule has 1 saturated heterocycles. The maximum absolute atomic E-state index is 12.4. The summed E-state index contributed by atoms with van der Waals surface area (Å²) < 4.78 is 5.52. The van der Waals surface area contributed by atoms with Crippen LogP contribution in [0.25, 0.3) is 6.08 Å². The van der Waals surface area contributed by atoms with Crippen molar-refractivity contribution in [2.75, 3.05) is 18.5 Å². The summed E-state index contributed by atoms with van der Waals surface area (Å²) in [6.45, 7) is 1.28. The first-order valence-corrected chi connectivity index (χ1v) is 9.80. The lowest BCUT2D eigenvalue weighted by Crippen LogP contribution is -2.31. The predicted molar refractivity (Wildman–Crippen MR) is 107 cm³/mol. The van der Waals surface area contributed by atoms with Crippen LogP contribution < -0.4 is 10.6 Å². The molecule has 138 valence electrons. The van der Waals surface area contributed by atoms with Gasteiger partial charge in [-0.05, 0) is 42.7 Å². The van der Waals surface area contributed by atoms with Gasteiger partial charge in [-0.3, -0.25) is 9.59 Å². The van der Waals surface area contributed by atoms with Gasteiger partial charge in [0.25, 0.3) is 11.8 Å². The van der Waals surface area contributed by atoms with E-state index < -0.39 is 0 Å². The maximum atomic E-state index is 12.4. The third-order valence-electron chi connectivity index (χ3n) is 4.55. The van der Waals surface area contributed by atoms with E-state index in [9.17, 15) is 9.59 Å². The Morgan fingerprint density at radius 3 is 2.89 bits per heavy atom. The van der Waals surface area contributed by atoms with Crippen molar-refractivity contribution in [1.29, 1.82) is 0 Å². The van der Waals surface area contributed by atoms with Gasteiger partial charge in [0.05, 0.1) is 16.7 Å². The first kappa shape index (κ1) is 17.8. The van der Waals surface area contributed by atoms with Crippen LogP contribution in [0.3, 0.4) is 0 Å². The second-order valence-electron chi connectivity index (χ2n) is 6.53. The fraction of sp³-hybridized carbons (Fsp3) is 0.238. The Hall–Kier alpha value is -2.57. The maximum Gasteiger partial charge on any atom is 0.262 e. The average molecular weight is 380 g/mol. The third-order valence-corrected chi connectivity index (χ3v) is 5.64. The monoisotopic (exact) mass is 380 g/mol. The number of ether oxygens (including phenoxy) is 1. The number of amides is 2. The van der Waals surface area contributed by atoms with Gasteiger partial charge < -0.3 is 15.4 Å². The Kier molecular flexibility index (Phi) is 5.27. The topological polar surface area (TPSA) is 67.4 Å². The Morgan fingerprint density at radius 2 is 2.11 bits per heavy atom. The molecule has 2 amide bonds. The summed E-state index contributed by atoms with van der Waals surface area (Å²) in [5, 5.41) is 5.80. The third kappa shape index (κ3) is 4.23. The molecule has 1 unspecified atom stereocenters. The highest BCUT2D eigenvalue weighted by Crippen LogP contribution is 2.39. The minimum atomic E-state index is -0.159. The molecule has 5 nitrogen and oxygen atoms in total. The molecule has 1 atom stereocenters. The van der Waals surface area contributed by atoms with Crippen LogP contribution in [-0.4, -0.2) is 31.1 Å². The summed E-state index contributed by atoms with van der Waals surface area (Å²) in [7, 11) is 0. The molecule has 2 N–H and O–H groups in total. The van der Waals surface area contributed by atoms with Gasteiger partial charge >= 0.3 is 0 Å². The summed E-state index contributed by atoms with van der Waals surface area (Å²) in [6.07, 6.45) is 3.99. The first-order chi connectivity index (χ1) is 13.2. The molecule has 0 saturated carbocycles. The van der Waals surface area contributed by atoms with Crippen LogP contribution in [-0.2, 0) is 9.53 Å². The Balaban J connectivity index is 1.47. The van der Waals surface area contributed by atoms with Crippen molar-refractivity contribution in [3.63, 3.8) is 0 Å². The van der Waals surface area contributed by atoms with E-state index in [0.29, 0.717) is 22.7 Å². The van der Waals surface area contributed by atoms with Gasteiger partial charge in [0.2, 0.25) is 0 Å². The number of benzene rings is 2. The van der Waals surface area contributed by atoms with Crippen LogP contribution in [0.1, 0.15) is 28.8 Å². The van der Waals surface area contributed by atoms with Crippen LogP contribution in [0.2, 0.25) is 0 Å². The highest BCUT2D eigenvalue weighted by Gasteiger charge is 2.23. The van der Waals surface area contributed by atoms with E-state index in [2.05, 4.69) is 10.6 Å². The van der Waals surface area contributed by atoms with Gasteiger partial charge in [-0.2, -0.15) is 0 Å². The van der Waals surface area contributed by atoms with Gasteiger partial charge in [-0.15, -0.1) is 0 Å². The molecule has 6 heteroatoms. The lowest BCUT2D eigenvalue weighted by atomic mass is 10.1. The first-order valence-electron chi connectivity index (χ1n) is 8.99. The summed E-state index contributed by atoms with van der Waals surface area (Å²) in [4.78, 5) is 26.4. The molecule has 0 bridgehead atoms. The standard InChI is InChI=1S/C21H20N2O3S/c24-20(22-13-16-7-4-10-26-16)15-8-9-18-17(12-15)23-21(25)19(27-18)11-14-5-2-1-3-6-14/h1-3,5-6,8-9,11-12,16H,4,7,10,13H2,(H,22,24)(H,23,25). The zero-order valence-corrected chi connectivity index (χ0v) is 15.6. The zero-order chi connectivity index (χ0) is 18.6. The SMILES string of the molecule is O=C1Nc2cc(C(=O)NCC3CCCO3)ccc2SC1=Cc1ccccc1. The molecule has 2 aliphatic rings. The van der Waals surface area contributed by atoms with Crippen LogP contribution in [0.5, 0.6) is 0 Å². The summed E-state index contributed by atoms with van der Waals surface area (Å²) in [5.41, 5.74) is 2.17. The lowest BCUT2D eigenvalue weighted by molar-refractivity contribution is -0.112. The lowest BCUT2D eigenvalue weighted by Gasteiger charge is -2.19. The van der Waals surface area contributed by atoms with Crippen molar-refractivity contribution in [3.05, 3.63) is 64.6 Å². The van der Waals surface area contributed by atoms with Crippen molar-refractivity contribution in [2.24, 2.45) is 0 Å². The predicted octanol–water partition coefficient (Wildman–Crippen LogP) is 3.68. The molecule has 0 aliphatic carbocycles. The van der Waals surface area contributed by atoms with Gasteiger partial charge in [0.1, 0.15) is 0 Å². The molecule has 0 spiro atoms. The van der Waals surface area contributed by atoms with Gasteiger partial charge in [0, 0.05) is 23.6 Å². The van der Waals surface area contributed by atoms with E-state index in [1.807, 2.05) is 42.5 Å². The average Bonchev–Trinajstić information content (AvgIpc) is 3.21. The highest BCUT2D eigenvalue weighted by molar-refractivity contribution is 8.04. The minimum Gasteiger partial charge on any atom is -0.376 e. The Labute approximate surface area is 162 Å². The van der Waals surface area contributed by atoms with Gasteiger partial charge in [-0.1, -0.05) is 42.1 Å². The van der Waals surface area contributed by atoms with E-state index in [0.717, 1.165) is 29.9 Å². The Bertz CT molecular complexity index is 890. The van der Waals surface area contributed by atoms with E-state index in [4.69, 9.17) is 4.74 Å². The van der Waals surface area contributed by atoms with Gasteiger partial charge in [0.15, 0.2) is 0 Å². The quantitative estimate of drug-likeness (QED) is 0.794. The van der Waals surface area contributed by atoms with Crippen molar-refractivity contribution < 1.29 is 14.3 Å². The van der Waals surface area contributed by atoms with Crippen molar-refractivity contribution in [2.45, 2.75) is 23.8 Å². The summed E-state index contributed by atoms with van der Waals surface area (Å²) in [5.74, 6) is -0.313. The number of carbonyl (C=O) groups excluding carboxylic acids is 2. The van der Waals surface area contributed by atoms with Crippen molar-refractivity contribution in [3.8, 4) is 0 Å². The minimum absolute atomic E-state index is 0.104. The van der Waals surface area contributed by atoms with Crippen LogP contribution >= 0.6 is 11.8 Å². The zero-order valence-electron chi connectivity index (χ0n) is 14.7. The number of fused-ring (bicyclic) bond motifs is 1. The van der Waals surface area contributed by atoms with Crippen molar-refractivity contribution >= 4 is 35.3 Å². The molecule has 0 radical (unpaired) electrons. The molecule has 2 heterocycles. The number of nitrogens with one attached hydrogen (secondary N) is 2. The molecule has 0 aromatic heterocycles. The highest BCUT2D eigenvalue weighted by atomic mass is 32.2. The van der Waals surface area contributed by atoms with E-state index in [1.165, 1.54) is 11.8 Å². The number of hydrogen-bond acceptors (Lipinski definition) is 4. The molecule has 27 heavy (non-hydrogen) atoms. The van der Waals surface area contributed by atoms with Crippen LogP contribution in [0.15, 0.2) is 58.3 Å². The smallest absolute Gasteiger partial charge is 0.262 e. The van der Waals surface area contributed by atoms with E-state index >= 15 is 0 Å². The molecule has 1 fully saturated rings. The second kappa shape index (κ2) is 7.98. The van der Waals surface area contributed by atoms with Crippen LogP contribution in [0.4, 0.5) is 5.69 Å². The number of anilines is 1. The fourth-order valence-electron chi connectivity index (χ4n) is 3.12. The van der Waals surface area contributed by atoms with E-state index in [-0.39, 0.29) is 17.9 Å². The number of rotatable bonds is 4. The molecule has 2 aliphatic heterocycles. The largest absolute Gasteiger partial charge is 0.376 e. The van der Waals surface area contributed by atoms with E-state index in [1.54, 1.807) is 12.1 Å². The number of thioether (sulfide) groups is 1. The summed E-state index contributed by atoms with van der Waals surface area (Å²) >= 11 is 1.41. The molecular formula is C21H20N2O3S.